The van der Waals surface area contributed by atoms with E-state index >= 15 is 0 Å². The Kier molecular flexibility index (Phi) is 12.3. The van der Waals surface area contributed by atoms with Gasteiger partial charge < -0.3 is 14.8 Å². The number of para-hydroxylation sites is 1. The molecule has 1 aliphatic rings. The van der Waals surface area contributed by atoms with Crippen molar-refractivity contribution in [2.45, 2.75) is 83.6 Å². The molecule has 0 bridgehead atoms. The number of nitrogens with zero attached hydrogens (tertiary/aromatic N) is 1. The zero-order chi connectivity index (χ0) is 25.6. The van der Waals surface area contributed by atoms with Gasteiger partial charge in [-0.1, -0.05) is 94.9 Å². The number of rotatable bonds is 15. The molecule has 1 aromatic rings. The summed E-state index contributed by atoms with van der Waals surface area (Å²) in [5.74, 6) is -0.176. The first-order valence-electron chi connectivity index (χ1n) is 12.9. The summed E-state index contributed by atoms with van der Waals surface area (Å²) >= 11 is 0. The highest BCUT2D eigenvalue weighted by atomic mass is 16.5. The maximum atomic E-state index is 12.6. The fourth-order valence-corrected chi connectivity index (χ4v) is 4.87. The monoisotopic (exact) mass is 482 g/mol. The number of carbonyl (C=O) groups is 2. The quantitative estimate of drug-likeness (QED) is 0.165. The van der Waals surface area contributed by atoms with Crippen LogP contribution in [0.3, 0.4) is 0 Å². The van der Waals surface area contributed by atoms with Crippen molar-refractivity contribution in [1.29, 1.82) is 0 Å². The molecule has 0 fully saturated rings. The Labute approximate surface area is 210 Å². The highest BCUT2D eigenvalue weighted by Gasteiger charge is 2.39. The predicted molar refractivity (Wildman–Crippen MR) is 142 cm³/mol. The molecule has 0 radical (unpaired) electrons. The maximum absolute atomic E-state index is 12.6. The van der Waals surface area contributed by atoms with Gasteiger partial charge in [0.2, 0.25) is 0 Å². The minimum Gasteiger partial charge on any atom is -0.496 e. The molecule has 6 heteroatoms. The van der Waals surface area contributed by atoms with E-state index in [0.29, 0.717) is 11.5 Å². The van der Waals surface area contributed by atoms with Crippen molar-refractivity contribution >= 4 is 17.7 Å². The van der Waals surface area contributed by atoms with Crippen molar-refractivity contribution < 1.29 is 19.1 Å². The standard InChI is InChI=1S/C29H42N2O4/c1-6-8-10-11-12-13-15-18-22(17-14-9-7-2)23-19-16-20-24(27(23)34-4)26-25(28(32)35-5)21(3)30-29(33)31-26/h7,9,14,16,19-20,22,25-26H,2,6,8,10-13,15,17-18H2,1,3-5H3,(H,31,33). The van der Waals surface area contributed by atoms with Gasteiger partial charge in [0.1, 0.15) is 11.7 Å². The van der Waals surface area contributed by atoms with Gasteiger partial charge in [-0.15, -0.1) is 0 Å². The number of esters is 1. The minimum atomic E-state index is -0.705. The summed E-state index contributed by atoms with van der Waals surface area (Å²) in [7, 11) is 2.99. The molecule has 3 unspecified atom stereocenters. The lowest BCUT2D eigenvalue weighted by atomic mass is 9.83. The third kappa shape index (κ3) is 8.08. The van der Waals surface area contributed by atoms with E-state index in [1.807, 2.05) is 18.2 Å². The molecule has 0 aliphatic carbocycles. The topological polar surface area (TPSA) is 77.0 Å². The fraction of sp³-hybridized carbons (Fsp3) is 0.552. The van der Waals surface area contributed by atoms with Crippen LogP contribution in [-0.2, 0) is 9.53 Å². The largest absolute Gasteiger partial charge is 0.496 e. The molecule has 3 atom stereocenters. The van der Waals surface area contributed by atoms with Crippen LogP contribution in [0.25, 0.3) is 0 Å². The van der Waals surface area contributed by atoms with Gasteiger partial charge in [0.15, 0.2) is 0 Å². The Hall–Kier alpha value is -2.89. The predicted octanol–water partition coefficient (Wildman–Crippen LogP) is 7.07. The van der Waals surface area contributed by atoms with E-state index in [1.165, 1.54) is 45.6 Å². The highest BCUT2D eigenvalue weighted by molar-refractivity contribution is 6.08. The Bertz CT molecular complexity index is 906. The van der Waals surface area contributed by atoms with Gasteiger partial charge in [0.25, 0.3) is 0 Å². The van der Waals surface area contributed by atoms with Gasteiger partial charge >= 0.3 is 12.0 Å². The number of allylic oxidation sites excluding steroid dienone is 3. The SMILES string of the molecule is C=CC=CCC(CCCCCCCCC)c1cccc(C2NC(=O)N=C(C)C2C(=O)OC)c1OC. The van der Waals surface area contributed by atoms with Gasteiger partial charge in [-0.2, -0.15) is 0 Å². The molecule has 0 saturated heterocycles. The fourth-order valence-electron chi connectivity index (χ4n) is 4.87. The number of urea groups is 1. The van der Waals surface area contributed by atoms with Crippen LogP contribution in [0.2, 0.25) is 0 Å². The number of hydrogen-bond acceptors (Lipinski definition) is 4. The summed E-state index contributed by atoms with van der Waals surface area (Å²) in [4.78, 5) is 28.8. The molecule has 0 spiro atoms. The Balaban J connectivity index is 2.33. The lowest BCUT2D eigenvalue weighted by Gasteiger charge is -2.31. The summed E-state index contributed by atoms with van der Waals surface area (Å²) in [6, 6.07) is 4.91. The molecule has 1 heterocycles. The first-order chi connectivity index (χ1) is 17.0. The highest BCUT2D eigenvalue weighted by Crippen LogP contribution is 2.41. The number of methoxy groups -OCH3 is 2. The van der Waals surface area contributed by atoms with Crippen LogP contribution in [0.5, 0.6) is 5.75 Å². The van der Waals surface area contributed by atoms with Gasteiger partial charge in [0, 0.05) is 11.3 Å². The first-order valence-corrected chi connectivity index (χ1v) is 12.9. The van der Waals surface area contributed by atoms with Crippen LogP contribution in [-0.4, -0.2) is 31.9 Å². The van der Waals surface area contributed by atoms with E-state index in [2.05, 4.69) is 36.0 Å². The second-order valence-electron chi connectivity index (χ2n) is 9.16. The van der Waals surface area contributed by atoms with E-state index in [9.17, 15) is 9.59 Å². The summed E-state index contributed by atoms with van der Waals surface area (Å²) < 4.78 is 11.0. The normalized spacial score (nSPS) is 18.6. The molecule has 192 valence electrons. The van der Waals surface area contributed by atoms with Crippen molar-refractivity contribution in [2.24, 2.45) is 10.9 Å². The first kappa shape index (κ1) is 28.3. The van der Waals surface area contributed by atoms with Gasteiger partial charge in [-0.25, -0.2) is 9.79 Å². The van der Waals surface area contributed by atoms with Crippen molar-refractivity contribution in [1.82, 2.24) is 5.32 Å². The number of benzene rings is 1. The molecule has 0 saturated carbocycles. The zero-order valence-electron chi connectivity index (χ0n) is 21.8. The molecule has 2 rings (SSSR count). The van der Waals surface area contributed by atoms with E-state index in [0.717, 1.165) is 30.4 Å². The summed E-state index contributed by atoms with van der Waals surface area (Å²) in [6.45, 7) is 7.72. The minimum absolute atomic E-state index is 0.252. The zero-order valence-corrected chi connectivity index (χ0v) is 21.8. The second-order valence-corrected chi connectivity index (χ2v) is 9.16. The summed E-state index contributed by atoms with van der Waals surface area (Å²) in [5.41, 5.74) is 2.29. The number of ether oxygens (including phenoxy) is 2. The molecule has 6 nitrogen and oxygen atoms in total. The maximum Gasteiger partial charge on any atom is 0.341 e. The molecule has 1 N–H and O–H groups in total. The number of unbranched alkanes of at least 4 members (excludes halogenated alkanes) is 6. The van der Waals surface area contributed by atoms with Crippen LogP contribution in [0.1, 0.15) is 94.7 Å². The van der Waals surface area contributed by atoms with Gasteiger partial charge in [0.05, 0.1) is 20.3 Å². The number of nitrogens with one attached hydrogen (secondary N) is 1. The van der Waals surface area contributed by atoms with Crippen LogP contribution in [0.15, 0.2) is 48.0 Å². The molecule has 1 aromatic carbocycles. The number of aliphatic imine (C=N–C) groups is 1. The lowest BCUT2D eigenvalue weighted by molar-refractivity contribution is -0.143. The van der Waals surface area contributed by atoms with Crippen molar-refractivity contribution in [3.63, 3.8) is 0 Å². The van der Waals surface area contributed by atoms with Gasteiger partial charge in [-0.05, 0) is 31.2 Å². The Morgan fingerprint density at radius 3 is 2.54 bits per heavy atom. The van der Waals surface area contributed by atoms with Crippen molar-refractivity contribution in [2.75, 3.05) is 14.2 Å². The van der Waals surface area contributed by atoms with Crippen molar-refractivity contribution in [3.8, 4) is 5.75 Å². The van der Waals surface area contributed by atoms with E-state index in [1.54, 1.807) is 20.1 Å². The molecule has 1 aliphatic heterocycles. The third-order valence-corrected chi connectivity index (χ3v) is 6.70. The second kappa shape index (κ2) is 15.2. The molecular formula is C29H42N2O4. The van der Waals surface area contributed by atoms with Crippen LogP contribution in [0, 0.1) is 5.92 Å². The molecule has 0 aromatic heterocycles. The third-order valence-electron chi connectivity index (χ3n) is 6.70. The van der Waals surface area contributed by atoms with Crippen LogP contribution >= 0.6 is 0 Å². The van der Waals surface area contributed by atoms with E-state index in [-0.39, 0.29) is 5.92 Å². The average molecular weight is 483 g/mol. The molecular weight excluding hydrogens is 440 g/mol. The molecule has 35 heavy (non-hydrogen) atoms. The van der Waals surface area contributed by atoms with Gasteiger partial charge in [-0.3, -0.25) is 4.79 Å². The van der Waals surface area contributed by atoms with Crippen LogP contribution < -0.4 is 10.1 Å². The van der Waals surface area contributed by atoms with Crippen LogP contribution in [0.4, 0.5) is 4.79 Å². The summed E-state index contributed by atoms with van der Waals surface area (Å²) in [6.07, 6.45) is 16.6. The number of carbonyl (C=O) groups excluding carboxylic acids is 2. The van der Waals surface area contributed by atoms with E-state index < -0.39 is 24.0 Å². The number of amides is 2. The van der Waals surface area contributed by atoms with Crippen molar-refractivity contribution in [3.05, 3.63) is 54.1 Å². The molecule has 2 amide bonds. The lowest BCUT2D eigenvalue weighted by Crippen LogP contribution is -2.44. The average Bonchev–Trinajstić information content (AvgIpc) is 2.85. The Morgan fingerprint density at radius 1 is 1.17 bits per heavy atom. The van der Waals surface area contributed by atoms with E-state index in [4.69, 9.17) is 9.47 Å². The summed E-state index contributed by atoms with van der Waals surface area (Å²) in [5, 5.41) is 2.86. The Morgan fingerprint density at radius 2 is 1.89 bits per heavy atom. The number of hydrogen-bond donors (Lipinski definition) is 1. The smallest absolute Gasteiger partial charge is 0.341 e.